The van der Waals surface area contributed by atoms with Crippen molar-refractivity contribution in [1.82, 2.24) is 4.31 Å². The van der Waals surface area contributed by atoms with Crippen LogP contribution in [0.1, 0.15) is 39.0 Å². The maximum atomic E-state index is 11.9. The first-order valence-corrected chi connectivity index (χ1v) is 7.33. The largest absolute Gasteiger partial charge is 0.396 e. The number of nitrogens with zero attached hydrogens (tertiary/aromatic N) is 1. The lowest BCUT2D eigenvalue weighted by atomic mass is 10.0. The molecule has 0 bridgehead atoms. The standard InChI is InChI=1S/C10H21NO3S/c1-2-10-6-3-4-7-11(10)15(13,14)9-5-8-12/h10,12H,2-9H2,1H3. The third-order valence-electron chi connectivity index (χ3n) is 2.96. The minimum atomic E-state index is -3.13. The first kappa shape index (κ1) is 12.9. The SMILES string of the molecule is CCC1CCCCN1S(=O)(=O)CCCO. The van der Waals surface area contributed by atoms with Crippen LogP contribution in [0.3, 0.4) is 0 Å². The van der Waals surface area contributed by atoms with Crippen molar-refractivity contribution in [2.75, 3.05) is 18.9 Å². The van der Waals surface area contributed by atoms with Crippen molar-refractivity contribution in [3.05, 3.63) is 0 Å². The summed E-state index contributed by atoms with van der Waals surface area (Å²) >= 11 is 0. The molecule has 0 radical (unpaired) electrons. The molecule has 0 aliphatic carbocycles. The van der Waals surface area contributed by atoms with E-state index in [4.69, 9.17) is 5.11 Å². The third-order valence-corrected chi connectivity index (χ3v) is 4.96. The van der Waals surface area contributed by atoms with Crippen molar-refractivity contribution in [1.29, 1.82) is 0 Å². The van der Waals surface area contributed by atoms with Crippen LogP contribution in [0.4, 0.5) is 0 Å². The van der Waals surface area contributed by atoms with E-state index >= 15 is 0 Å². The van der Waals surface area contributed by atoms with Gasteiger partial charge in [0.2, 0.25) is 10.0 Å². The van der Waals surface area contributed by atoms with Crippen LogP contribution < -0.4 is 0 Å². The topological polar surface area (TPSA) is 57.6 Å². The molecule has 5 heteroatoms. The van der Waals surface area contributed by atoms with Crippen molar-refractivity contribution in [2.45, 2.75) is 45.1 Å². The predicted octanol–water partition coefficient (Wildman–Crippen LogP) is 0.963. The molecule has 1 saturated heterocycles. The van der Waals surface area contributed by atoms with Crippen LogP contribution in [0.2, 0.25) is 0 Å². The smallest absolute Gasteiger partial charge is 0.214 e. The van der Waals surface area contributed by atoms with Crippen molar-refractivity contribution < 1.29 is 13.5 Å². The average molecular weight is 235 g/mol. The molecule has 90 valence electrons. The van der Waals surface area contributed by atoms with Crippen LogP contribution in [0, 0.1) is 0 Å². The lowest BCUT2D eigenvalue weighted by Crippen LogP contribution is -2.44. The van der Waals surface area contributed by atoms with Crippen LogP contribution in [0.5, 0.6) is 0 Å². The number of piperidine rings is 1. The van der Waals surface area contributed by atoms with E-state index in [0.29, 0.717) is 13.0 Å². The van der Waals surface area contributed by atoms with Gasteiger partial charge in [-0.15, -0.1) is 0 Å². The van der Waals surface area contributed by atoms with Crippen LogP contribution in [-0.4, -0.2) is 42.8 Å². The van der Waals surface area contributed by atoms with E-state index in [1.165, 1.54) is 0 Å². The zero-order valence-corrected chi connectivity index (χ0v) is 10.2. The van der Waals surface area contributed by atoms with Crippen LogP contribution in [-0.2, 0) is 10.0 Å². The molecule has 1 heterocycles. The Balaban J connectivity index is 2.65. The molecule has 1 rings (SSSR count). The molecule has 0 aromatic carbocycles. The first-order valence-electron chi connectivity index (χ1n) is 5.72. The molecule has 15 heavy (non-hydrogen) atoms. The Morgan fingerprint density at radius 1 is 1.40 bits per heavy atom. The number of aliphatic hydroxyl groups is 1. The van der Waals surface area contributed by atoms with Gasteiger partial charge in [-0.1, -0.05) is 13.3 Å². The van der Waals surface area contributed by atoms with Gasteiger partial charge in [0.05, 0.1) is 5.75 Å². The van der Waals surface area contributed by atoms with Gasteiger partial charge in [-0.3, -0.25) is 0 Å². The molecule has 0 saturated carbocycles. The minimum Gasteiger partial charge on any atom is -0.396 e. The van der Waals surface area contributed by atoms with Crippen LogP contribution in [0.15, 0.2) is 0 Å². The fourth-order valence-corrected chi connectivity index (χ4v) is 3.96. The van der Waals surface area contributed by atoms with Crippen molar-refractivity contribution >= 4 is 10.0 Å². The predicted molar refractivity (Wildman–Crippen MR) is 60.1 cm³/mol. The minimum absolute atomic E-state index is 0.0517. The van der Waals surface area contributed by atoms with Gasteiger partial charge in [-0.05, 0) is 25.7 Å². The van der Waals surface area contributed by atoms with E-state index in [-0.39, 0.29) is 18.4 Å². The fraction of sp³-hybridized carbons (Fsp3) is 1.00. The van der Waals surface area contributed by atoms with Crippen molar-refractivity contribution in [3.8, 4) is 0 Å². The van der Waals surface area contributed by atoms with Gasteiger partial charge >= 0.3 is 0 Å². The van der Waals surface area contributed by atoms with Gasteiger partial charge in [-0.2, -0.15) is 4.31 Å². The Bertz CT molecular complexity index is 276. The fourth-order valence-electron chi connectivity index (χ4n) is 2.11. The van der Waals surface area contributed by atoms with E-state index in [2.05, 4.69) is 0 Å². The highest BCUT2D eigenvalue weighted by atomic mass is 32.2. The van der Waals surface area contributed by atoms with E-state index in [9.17, 15) is 8.42 Å². The van der Waals surface area contributed by atoms with Crippen molar-refractivity contribution in [3.63, 3.8) is 0 Å². The van der Waals surface area contributed by atoms with Gasteiger partial charge in [0, 0.05) is 19.2 Å². The Morgan fingerprint density at radius 2 is 2.13 bits per heavy atom. The zero-order chi connectivity index (χ0) is 11.3. The highest BCUT2D eigenvalue weighted by Gasteiger charge is 2.30. The molecule has 1 aliphatic heterocycles. The molecular weight excluding hydrogens is 214 g/mol. The van der Waals surface area contributed by atoms with Crippen LogP contribution >= 0.6 is 0 Å². The Kier molecular flexibility index (Phi) is 5.02. The Hall–Kier alpha value is -0.130. The summed E-state index contributed by atoms with van der Waals surface area (Å²) in [5.41, 5.74) is 0. The normalized spacial score (nSPS) is 24.3. The van der Waals surface area contributed by atoms with E-state index in [1.807, 2.05) is 6.92 Å². The van der Waals surface area contributed by atoms with Crippen LogP contribution in [0.25, 0.3) is 0 Å². The number of aliphatic hydroxyl groups excluding tert-OH is 1. The number of sulfonamides is 1. The summed E-state index contributed by atoms with van der Waals surface area (Å²) in [7, 11) is -3.13. The Morgan fingerprint density at radius 3 is 2.73 bits per heavy atom. The molecule has 1 unspecified atom stereocenters. The van der Waals surface area contributed by atoms with Gasteiger partial charge in [0.15, 0.2) is 0 Å². The summed E-state index contributed by atoms with van der Waals surface area (Å²) in [6.45, 7) is 2.64. The summed E-state index contributed by atoms with van der Waals surface area (Å²) in [6.07, 6.45) is 4.31. The molecule has 1 fully saturated rings. The molecule has 1 aliphatic rings. The molecule has 1 N–H and O–H groups in total. The second-order valence-electron chi connectivity index (χ2n) is 4.06. The monoisotopic (exact) mass is 235 g/mol. The second kappa shape index (κ2) is 5.82. The van der Waals surface area contributed by atoms with Gasteiger partial charge < -0.3 is 5.11 Å². The van der Waals surface area contributed by atoms with E-state index in [1.54, 1.807) is 4.31 Å². The molecule has 1 atom stereocenters. The second-order valence-corrected chi connectivity index (χ2v) is 6.10. The molecule has 4 nitrogen and oxygen atoms in total. The van der Waals surface area contributed by atoms with E-state index < -0.39 is 10.0 Å². The van der Waals surface area contributed by atoms with Gasteiger partial charge in [0.1, 0.15) is 0 Å². The number of rotatable bonds is 5. The molecular formula is C10H21NO3S. The number of hydrogen-bond donors (Lipinski definition) is 1. The maximum absolute atomic E-state index is 11.9. The Labute approximate surface area is 92.3 Å². The lowest BCUT2D eigenvalue weighted by molar-refractivity contribution is 0.244. The van der Waals surface area contributed by atoms with Crippen molar-refractivity contribution in [2.24, 2.45) is 0 Å². The highest BCUT2D eigenvalue weighted by molar-refractivity contribution is 7.89. The zero-order valence-electron chi connectivity index (χ0n) is 9.35. The summed E-state index contributed by atoms with van der Waals surface area (Å²) < 4.78 is 25.5. The number of hydrogen-bond acceptors (Lipinski definition) is 3. The maximum Gasteiger partial charge on any atom is 0.214 e. The molecule has 0 aromatic heterocycles. The van der Waals surface area contributed by atoms with Gasteiger partial charge in [0.25, 0.3) is 0 Å². The summed E-state index contributed by atoms with van der Waals surface area (Å²) in [4.78, 5) is 0. The molecule has 0 spiro atoms. The summed E-state index contributed by atoms with van der Waals surface area (Å²) in [5.74, 6) is 0.0833. The average Bonchev–Trinajstić information content (AvgIpc) is 2.26. The van der Waals surface area contributed by atoms with E-state index in [0.717, 1.165) is 25.7 Å². The quantitative estimate of drug-likeness (QED) is 0.772. The first-order chi connectivity index (χ1) is 7.11. The molecule has 0 amide bonds. The van der Waals surface area contributed by atoms with Gasteiger partial charge in [-0.25, -0.2) is 8.42 Å². The third kappa shape index (κ3) is 3.43. The lowest BCUT2D eigenvalue weighted by Gasteiger charge is -2.34. The highest BCUT2D eigenvalue weighted by Crippen LogP contribution is 2.23. The summed E-state index contributed by atoms with van der Waals surface area (Å²) in [5, 5.41) is 8.67. The molecule has 0 aromatic rings. The summed E-state index contributed by atoms with van der Waals surface area (Å²) in [6, 6.07) is 0.183.